The molecule has 0 atom stereocenters. The van der Waals surface area contributed by atoms with Crippen molar-refractivity contribution in [3.63, 3.8) is 0 Å². The van der Waals surface area contributed by atoms with Crippen LogP contribution in [-0.2, 0) is 9.53 Å². The second-order valence-electron chi connectivity index (χ2n) is 4.01. The molecule has 0 spiro atoms. The summed E-state index contributed by atoms with van der Waals surface area (Å²) in [5.41, 5.74) is -0.0759. The zero-order valence-corrected chi connectivity index (χ0v) is 11.5. The average molecular weight is 288 g/mol. The highest BCUT2D eigenvalue weighted by Gasteiger charge is 2.17. The van der Waals surface area contributed by atoms with E-state index in [1.807, 2.05) is 0 Å². The minimum absolute atomic E-state index is 0.0759. The predicted molar refractivity (Wildman–Crippen MR) is 69.6 cm³/mol. The fourth-order valence-corrected chi connectivity index (χ4v) is 1.71. The average Bonchev–Trinajstić information content (AvgIpc) is 2.40. The van der Waals surface area contributed by atoms with Gasteiger partial charge in [0.15, 0.2) is 5.82 Å². The van der Waals surface area contributed by atoms with Gasteiger partial charge in [-0.3, -0.25) is 9.59 Å². The van der Waals surface area contributed by atoms with E-state index in [2.05, 4.69) is 4.74 Å². The Morgan fingerprint density at radius 2 is 2.11 bits per heavy atom. The first-order chi connectivity index (χ1) is 8.97. The Kier molecular flexibility index (Phi) is 5.76. The first-order valence-electron chi connectivity index (χ1n) is 5.73. The van der Waals surface area contributed by atoms with Gasteiger partial charge >= 0.3 is 5.97 Å². The summed E-state index contributed by atoms with van der Waals surface area (Å²) in [7, 11) is 2.85. The minimum atomic E-state index is -0.728. The third-order valence-corrected chi connectivity index (χ3v) is 2.92. The quantitative estimate of drug-likeness (QED) is 0.782. The summed E-state index contributed by atoms with van der Waals surface area (Å²) in [6, 6.07) is 4.27. The molecule has 4 nitrogen and oxygen atoms in total. The smallest absolute Gasteiger partial charge is 0.305 e. The second-order valence-corrected chi connectivity index (χ2v) is 4.41. The van der Waals surface area contributed by atoms with Gasteiger partial charge in [-0.1, -0.05) is 17.7 Å². The van der Waals surface area contributed by atoms with Crippen molar-refractivity contribution in [1.29, 1.82) is 0 Å². The third-order valence-electron chi connectivity index (χ3n) is 2.63. The molecule has 0 unspecified atom stereocenters. The van der Waals surface area contributed by atoms with Crippen LogP contribution in [0.3, 0.4) is 0 Å². The topological polar surface area (TPSA) is 46.6 Å². The Bertz CT molecular complexity index is 479. The molecule has 0 aliphatic carbocycles. The molecule has 0 saturated carbocycles. The summed E-state index contributed by atoms with van der Waals surface area (Å²) in [6.45, 7) is 0.333. The number of esters is 1. The van der Waals surface area contributed by atoms with Gasteiger partial charge in [0.25, 0.3) is 5.91 Å². The molecule has 0 bridgehead atoms. The molecule has 1 aromatic carbocycles. The number of nitrogens with zero attached hydrogens (tertiary/aromatic N) is 1. The van der Waals surface area contributed by atoms with Crippen LogP contribution in [0.15, 0.2) is 18.2 Å². The maximum absolute atomic E-state index is 13.7. The van der Waals surface area contributed by atoms with Gasteiger partial charge in [0, 0.05) is 20.0 Å². The molecular weight excluding hydrogens is 273 g/mol. The molecule has 0 fully saturated rings. The lowest BCUT2D eigenvalue weighted by atomic mass is 10.2. The molecule has 0 radical (unpaired) electrons. The Hall–Kier alpha value is -1.62. The lowest BCUT2D eigenvalue weighted by molar-refractivity contribution is -0.140. The summed E-state index contributed by atoms with van der Waals surface area (Å²) in [4.78, 5) is 24.2. The molecule has 0 heterocycles. The van der Waals surface area contributed by atoms with Crippen LogP contribution in [0.1, 0.15) is 23.2 Å². The number of hydrogen-bond acceptors (Lipinski definition) is 3. The highest BCUT2D eigenvalue weighted by molar-refractivity contribution is 6.31. The van der Waals surface area contributed by atoms with Crippen molar-refractivity contribution >= 4 is 23.5 Å². The van der Waals surface area contributed by atoms with E-state index in [1.165, 1.54) is 30.2 Å². The van der Waals surface area contributed by atoms with E-state index < -0.39 is 11.7 Å². The van der Waals surface area contributed by atoms with Crippen LogP contribution in [0.25, 0.3) is 0 Å². The first kappa shape index (κ1) is 15.4. The molecule has 0 aromatic heterocycles. The summed E-state index contributed by atoms with van der Waals surface area (Å²) in [5.74, 6) is -1.53. The van der Waals surface area contributed by atoms with Crippen LogP contribution in [0, 0.1) is 5.82 Å². The minimum Gasteiger partial charge on any atom is -0.469 e. The van der Waals surface area contributed by atoms with Crippen LogP contribution >= 0.6 is 11.6 Å². The van der Waals surface area contributed by atoms with Crippen molar-refractivity contribution < 1.29 is 18.7 Å². The Morgan fingerprint density at radius 1 is 1.42 bits per heavy atom. The summed E-state index contributed by atoms with van der Waals surface area (Å²) in [6.07, 6.45) is 0.670. The highest BCUT2D eigenvalue weighted by atomic mass is 35.5. The molecular formula is C13H15ClFNO3. The van der Waals surface area contributed by atoms with Crippen LogP contribution in [0.5, 0.6) is 0 Å². The molecule has 0 saturated heterocycles. The van der Waals surface area contributed by atoms with Crippen molar-refractivity contribution in [3.05, 3.63) is 34.6 Å². The van der Waals surface area contributed by atoms with E-state index in [0.717, 1.165) is 0 Å². The standard InChI is InChI=1S/C13H15ClFNO3/c1-16(8-4-7-11(17)19-2)13(18)9-5-3-6-10(14)12(9)15/h3,5-6H,4,7-8H2,1-2H3. The molecule has 1 aromatic rings. The van der Waals surface area contributed by atoms with E-state index in [9.17, 15) is 14.0 Å². The summed E-state index contributed by atoms with van der Waals surface area (Å²) in [5, 5.41) is -0.0891. The van der Waals surface area contributed by atoms with E-state index in [4.69, 9.17) is 11.6 Å². The Labute approximate surface area is 116 Å². The Morgan fingerprint density at radius 3 is 2.74 bits per heavy atom. The van der Waals surface area contributed by atoms with Gasteiger partial charge < -0.3 is 9.64 Å². The lowest BCUT2D eigenvalue weighted by Crippen LogP contribution is -2.29. The molecule has 19 heavy (non-hydrogen) atoms. The van der Waals surface area contributed by atoms with Gasteiger partial charge in [-0.05, 0) is 18.6 Å². The largest absolute Gasteiger partial charge is 0.469 e. The maximum atomic E-state index is 13.7. The van der Waals surface area contributed by atoms with Crippen LogP contribution in [0.2, 0.25) is 5.02 Å². The van der Waals surface area contributed by atoms with Gasteiger partial charge in [-0.15, -0.1) is 0 Å². The highest BCUT2D eigenvalue weighted by Crippen LogP contribution is 2.19. The van der Waals surface area contributed by atoms with Crippen molar-refractivity contribution in [2.24, 2.45) is 0 Å². The summed E-state index contributed by atoms with van der Waals surface area (Å²) >= 11 is 5.62. The van der Waals surface area contributed by atoms with E-state index in [-0.39, 0.29) is 23.0 Å². The third kappa shape index (κ3) is 4.21. The van der Waals surface area contributed by atoms with E-state index >= 15 is 0 Å². The fourth-order valence-electron chi connectivity index (χ4n) is 1.54. The van der Waals surface area contributed by atoms with Gasteiger partial charge in [0.1, 0.15) is 0 Å². The van der Waals surface area contributed by atoms with E-state index in [1.54, 1.807) is 7.05 Å². The van der Waals surface area contributed by atoms with Crippen molar-refractivity contribution in [1.82, 2.24) is 4.90 Å². The number of carbonyl (C=O) groups excluding carboxylic acids is 2. The SMILES string of the molecule is COC(=O)CCCN(C)C(=O)c1cccc(Cl)c1F. The molecule has 1 rings (SSSR count). The van der Waals surface area contributed by atoms with Crippen LogP contribution in [0.4, 0.5) is 4.39 Å². The number of carbonyl (C=O) groups is 2. The number of amides is 1. The molecule has 0 N–H and O–H groups in total. The first-order valence-corrected chi connectivity index (χ1v) is 6.11. The number of rotatable bonds is 5. The van der Waals surface area contributed by atoms with Crippen molar-refractivity contribution in [3.8, 4) is 0 Å². The summed E-state index contributed by atoms with van der Waals surface area (Å²) < 4.78 is 18.2. The zero-order chi connectivity index (χ0) is 14.4. The van der Waals surface area contributed by atoms with E-state index in [0.29, 0.717) is 13.0 Å². The van der Waals surface area contributed by atoms with Crippen molar-refractivity contribution in [2.45, 2.75) is 12.8 Å². The monoisotopic (exact) mass is 287 g/mol. The number of methoxy groups -OCH3 is 1. The number of benzene rings is 1. The molecule has 6 heteroatoms. The number of hydrogen-bond donors (Lipinski definition) is 0. The van der Waals surface area contributed by atoms with Gasteiger partial charge in [0.05, 0.1) is 17.7 Å². The molecule has 0 aliphatic rings. The molecule has 104 valence electrons. The van der Waals surface area contributed by atoms with Crippen molar-refractivity contribution in [2.75, 3.05) is 20.7 Å². The Balaban J connectivity index is 2.62. The molecule has 1 amide bonds. The van der Waals surface area contributed by atoms with Crippen LogP contribution in [-0.4, -0.2) is 37.5 Å². The number of ether oxygens (including phenoxy) is 1. The van der Waals surface area contributed by atoms with Gasteiger partial charge in [0.2, 0.25) is 0 Å². The molecule has 0 aliphatic heterocycles. The fraction of sp³-hybridized carbons (Fsp3) is 0.385. The van der Waals surface area contributed by atoms with Gasteiger partial charge in [-0.2, -0.15) is 0 Å². The lowest BCUT2D eigenvalue weighted by Gasteiger charge is -2.17. The van der Waals surface area contributed by atoms with Gasteiger partial charge in [-0.25, -0.2) is 4.39 Å². The predicted octanol–water partition coefficient (Wildman–Crippen LogP) is 2.50. The second kappa shape index (κ2) is 7.09. The maximum Gasteiger partial charge on any atom is 0.305 e. The zero-order valence-electron chi connectivity index (χ0n) is 10.8. The normalized spacial score (nSPS) is 10.1. The number of halogens is 2. The van der Waals surface area contributed by atoms with Crippen LogP contribution < -0.4 is 0 Å².